The first-order chi connectivity index (χ1) is 10.7. The van der Waals surface area contributed by atoms with E-state index >= 15 is 0 Å². The van der Waals surface area contributed by atoms with Gasteiger partial charge in [-0.25, -0.2) is 4.98 Å². The molecule has 6 nitrogen and oxygen atoms in total. The maximum atomic E-state index is 12.2. The van der Waals surface area contributed by atoms with E-state index in [0.717, 1.165) is 45.3 Å². The van der Waals surface area contributed by atoms with Crippen molar-refractivity contribution in [2.45, 2.75) is 56.7 Å². The van der Waals surface area contributed by atoms with Crippen LogP contribution in [0.15, 0.2) is 18.7 Å². The van der Waals surface area contributed by atoms with E-state index in [1.165, 1.54) is 0 Å². The van der Waals surface area contributed by atoms with Crippen LogP contribution in [0.1, 0.15) is 44.6 Å². The van der Waals surface area contributed by atoms with Crippen molar-refractivity contribution in [3.05, 3.63) is 18.7 Å². The molecule has 1 aliphatic heterocycles. The highest BCUT2D eigenvalue weighted by Gasteiger charge is 2.33. The number of imidazole rings is 1. The number of amides is 1. The molecular weight excluding hydrogens is 282 g/mol. The molecule has 1 aromatic rings. The number of ether oxygens (including phenoxy) is 1. The normalized spacial score (nSPS) is 30.1. The van der Waals surface area contributed by atoms with E-state index in [9.17, 15) is 9.90 Å². The predicted molar refractivity (Wildman–Crippen MR) is 81.2 cm³/mol. The summed E-state index contributed by atoms with van der Waals surface area (Å²) in [5.41, 5.74) is 0. The summed E-state index contributed by atoms with van der Waals surface area (Å²) in [6.45, 7) is 1.51. The highest BCUT2D eigenvalue weighted by Crippen LogP contribution is 2.29. The van der Waals surface area contributed by atoms with E-state index in [0.29, 0.717) is 12.3 Å². The summed E-state index contributed by atoms with van der Waals surface area (Å²) >= 11 is 0. The van der Waals surface area contributed by atoms with Crippen molar-refractivity contribution in [1.29, 1.82) is 0 Å². The van der Waals surface area contributed by atoms with Crippen LogP contribution in [0.25, 0.3) is 0 Å². The molecule has 122 valence electrons. The Hall–Kier alpha value is -1.40. The van der Waals surface area contributed by atoms with Gasteiger partial charge in [0.05, 0.1) is 24.5 Å². The Balaban J connectivity index is 1.53. The van der Waals surface area contributed by atoms with Crippen LogP contribution < -0.4 is 5.32 Å². The van der Waals surface area contributed by atoms with Gasteiger partial charge >= 0.3 is 0 Å². The summed E-state index contributed by atoms with van der Waals surface area (Å²) in [6.07, 6.45) is 10.00. The third-order valence-corrected chi connectivity index (χ3v) is 4.89. The minimum atomic E-state index is -0.554. The number of aliphatic hydroxyl groups excluding tert-OH is 1. The minimum absolute atomic E-state index is 0.00429. The Morgan fingerprint density at radius 3 is 2.86 bits per heavy atom. The molecule has 0 unspecified atom stereocenters. The van der Waals surface area contributed by atoms with Gasteiger partial charge in [0.25, 0.3) is 0 Å². The van der Waals surface area contributed by atoms with E-state index < -0.39 is 6.10 Å². The molecule has 1 saturated carbocycles. The number of carbonyl (C=O) groups is 1. The van der Waals surface area contributed by atoms with Gasteiger partial charge in [0.2, 0.25) is 5.91 Å². The molecule has 0 spiro atoms. The number of nitrogens with one attached hydrogen (secondary N) is 1. The molecule has 1 saturated heterocycles. The van der Waals surface area contributed by atoms with Crippen molar-refractivity contribution >= 4 is 5.91 Å². The van der Waals surface area contributed by atoms with Crippen LogP contribution in [0.4, 0.5) is 0 Å². The zero-order chi connectivity index (χ0) is 15.4. The standard InChI is InChI=1S/C16H25N3O3/c20-15(10-12-4-8-22-9-5-12)18-13-2-1-3-14(16(13)21)19-7-6-17-11-19/h6-7,11-14,16,21H,1-5,8-10H2,(H,18,20)/t13-,14-,16-/m1/s1. The number of hydrogen-bond donors (Lipinski definition) is 2. The molecule has 1 aromatic heterocycles. The smallest absolute Gasteiger partial charge is 0.220 e. The molecule has 6 heteroatoms. The van der Waals surface area contributed by atoms with Crippen molar-refractivity contribution < 1.29 is 14.6 Å². The summed E-state index contributed by atoms with van der Waals surface area (Å²) < 4.78 is 7.27. The first-order valence-electron chi connectivity index (χ1n) is 8.26. The molecule has 1 aliphatic carbocycles. The maximum Gasteiger partial charge on any atom is 0.220 e. The molecule has 0 radical (unpaired) electrons. The Morgan fingerprint density at radius 1 is 1.32 bits per heavy atom. The summed E-state index contributed by atoms with van der Waals surface area (Å²) in [5.74, 6) is 0.473. The van der Waals surface area contributed by atoms with E-state index in [2.05, 4.69) is 10.3 Å². The van der Waals surface area contributed by atoms with E-state index in [4.69, 9.17) is 4.74 Å². The maximum absolute atomic E-state index is 12.2. The van der Waals surface area contributed by atoms with E-state index in [1.807, 2.05) is 10.8 Å². The molecule has 2 N–H and O–H groups in total. The lowest BCUT2D eigenvalue weighted by atomic mass is 9.87. The topological polar surface area (TPSA) is 76.4 Å². The van der Waals surface area contributed by atoms with Gasteiger partial charge < -0.3 is 19.7 Å². The second-order valence-corrected chi connectivity index (χ2v) is 6.43. The summed E-state index contributed by atoms with van der Waals surface area (Å²) in [5, 5.41) is 13.6. The van der Waals surface area contributed by atoms with Gasteiger partial charge in [-0.05, 0) is 38.0 Å². The van der Waals surface area contributed by atoms with Crippen LogP contribution in [0, 0.1) is 5.92 Å². The van der Waals surface area contributed by atoms with E-state index in [1.54, 1.807) is 12.5 Å². The molecule has 3 atom stereocenters. The molecule has 22 heavy (non-hydrogen) atoms. The van der Waals surface area contributed by atoms with Crippen LogP contribution in [-0.2, 0) is 9.53 Å². The minimum Gasteiger partial charge on any atom is -0.389 e. The number of aliphatic hydroxyl groups is 1. The Kier molecular flexibility index (Phi) is 5.10. The van der Waals surface area contributed by atoms with Crippen molar-refractivity contribution in [1.82, 2.24) is 14.9 Å². The lowest BCUT2D eigenvalue weighted by Crippen LogP contribution is -2.49. The third kappa shape index (κ3) is 3.67. The van der Waals surface area contributed by atoms with Crippen molar-refractivity contribution in [2.75, 3.05) is 13.2 Å². The van der Waals surface area contributed by atoms with Gasteiger partial charge in [0.1, 0.15) is 0 Å². The molecule has 2 heterocycles. The second kappa shape index (κ2) is 7.24. The quantitative estimate of drug-likeness (QED) is 0.878. The largest absolute Gasteiger partial charge is 0.389 e. The first kappa shape index (κ1) is 15.5. The Labute approximate surface area is 130 Å². The average Bonchev–Trinajstić information content (AvgIpc) is 3.04. The summed E-state index contributed by atoms with van der Waals surface area (Å²) in [6, 6.07) is -0.155. The lowest BCUT2D eigenvalue weighted by Gasteiger charge is -2.36. The van der Waals surface area contributed by atoms with Gasteiger partial charge in [-0.15, -0.1) is 0 Å². The molecule has 1 amide bonds. The average molecular weight is 307 g/mol. The fourth-order valence-electron chi connectivity index (χ4n) is 3.58. The number of carbonyl (C=O) groups excluding carboxylic acids is 1. The SMILES string of the molecule is O=C(CC1CCOCC1)N[C@@H]1CCC[C@@H](n2ccnc2)[C@@H]1O. The first-order valence-corrected chi connectivity index (χ1v) is 8.26. The van der Waals surface area contributed by atoms with Crippen LogP contribution in [0.3, 0.4) is 0 Å². The van der Waals surface area contributed by atoms with E-state index in [-0.39, 0.29) is 18.0 Å². The van der Waals surface area contributed by atoms with Crippen molar-refractivity contribution in [3.63, 3.8) is 0 Å². The van der Waals surface area contributed by atoms with Crippen LogP contribution in [-0.4, -0.2) is 45.9 Å². The highest BCUT2D eigenvalue weighted by atomic mass is 16.5. The van der Waals surface area contributed by atoms with Gasteiger partial charge in [0, 0.05) is 32.0 Å². The predicted octanol–water partition coefficient (Wildman–Crippen LogP) is 1.27. The van der Waals surface area contributed by atoms with Crippen molar-refractivity contribution in [3.8, 4) is 0 Å². The highest BCUT2D eigenvalue weighted by molar-refractivity contribution is 5.76. The monoisotopic (exact) mass is 307 g/mol. The molecular formula is C16H25N3O3. The molecule has 0 aromatic carbocycles. The van der Waals surface area contributed by atoms with Gasteiger partial charge in [0.15, 0.2) is 0 Å². The van der Waals surface area contributed by atoms with Crippen LogP contribution in [0.2, 0.25) is 0 Å². The Bertz CT molecular complexity index is 471. The number of hydrogen-bond acceptors (Lipinski definition) is 4. The number of rotatable bonds is 4. The Morgan fingerprint density at radius 2 is 2.14 bits per heavy atom. The third-order valence-electron chi connectivity index (χ3n) is 4.89. The number of aromatic nitrogens is 2. The lowest BCUT2D eigenvalue weighted by molar-refractivity contribution is -0.125. The second-order valence-electron chi connectivity index (χ2n) is 6.43. The molecule has 2 aliphatic rings. The summed E-state index contributed by atoms with van der Waals surface area (Å²) in [4.78, 5) is 16.3. The fraction of sp³-hybridized carbons (Fsp3) is 0.750. The van der Waals surface area contributed by atoms with Gasteiger partial charge in [-0.3, -0.25) is 4.79 Å². The zero-order valence-electron chi connectivity index (χ0n) is 12.9. The number of nitrogens with zero attached hydrogens (tertiary/aromatic N) is 2. The van der Waals surface area contributed by atoms with Crippen molar-refractivity contribution in [2.24, 2.45) is 5.92 Å². The van der Waals surface area contributed by atoms with Gasteiger partial charge in [-0.2, -0.15) is 0 Å². The molecule has 2 fully saturated rings. The molecule has 3 rings (SSSR count). The summed E-state index contributed by atoms with van der Waals surface area (Å²) in [7, 11) is 0. The zero-order valence-corrected chi connectivity index (χ0v) is 12.9. The molecule has 0 bridgehead atoms. The van der Waals surface area contributed by atoms with Gasteiger partial charge in [-0.1, -0.05) is 0 Å². The van der Waals surface area contributed by atoms with Crippen LogP contribution in [0.5, 0.6) is 0 Å². The fourth-order valence-corrected chi connectivity index (χ4v) is 3.58. The van der Waals surface area contributed by atoms with Crippen LogP contribution >= 0.6 is 0 Å².